The third kappa shape index (κ3) is 4.36. The molecule has 4 nitrogen and oxygen atoms in total. The maximum Gasteiger partial charge on any atom is 0.203 e. The number of benzene rings is 1. The molecule has 4 heteroatoms. The summed E-state index contributed by atoms with van der Waals surface area (Å²) in [6.45, 7) is 4.41. The first-order chi connectivity index (χ1) is 9.04. The second-order valence-corrected chi connectivity index (χ2v) is 4.94. The van der Waals surface area contributed by atoms with Gasteiger partial charge in [0.05, 0.1) is 32.3 Å². The van der Waals surface area contributed by atoms with E-state index in [4.69, 9.17) is 19.5 Å². The molecular weight excluding hydrogens is 242 g/mol. The third-order valence-electron chi connectivity index (χ3n) is 2.87. The maximum absolute atomic E-state index is 8.93. The molecule has 1 rings (SSSR count). The van der Waals surface area contributed by atoms with Crippen LogP contribution in [0.4, 0.5) is 0 Å². The minimum absolute atomic E-state index is 0.304. The molecule has 0 N–H and O–H groups in total. The molecule has 0 saturated heterocycles. The fraction of sp³-hybridized carbons (Fsp3) is 0.533. The van der Waals surface area contributed by atoms with Crippen molar-refractivity contribution in [1.29, 1.82) is 5.26 Å². The van der Waals surface area contributed by atoms with E-state index >= 15 is 0 Å². The molecule has 0 aromatic heterocycles. The Balaban J connectivity index is 2.57. The molecule has 0 aliphatic carbocycles. The van der Waals surface area contributed by atoms with Crippen LogP contribution in [0.25, 0.3) is 0 Å². The lowest BCUT2D eigenvalue weighted by molar-refractivity contribution is 0.264. The number of methoxy groups -OCH3 is 2. The number of para-hydroxylation sites is 1. The predicted molar refractivity (Wildman–Crippen MR) is 73.7 cm³/mol. The highest BCUT2D eigenvalue weighted by Crippen LogP contribution is 2.36. The van der Waals surface area contributed by atoms with Crippen LogP contribution < -0.4 is 14.2 Å². The van der Waals surface area contributed by atoms with Gasteiger partial charge in [-0.3, -0.25) is 0 Å². The van der Waals surface area contributed by atoms with Crippen LogP contribution in [0.3, 0.4) is 0 Å². The van der Waals surface area contributed by atoms with Crippen LogP contribution in [-0.4, -0.2) is 20.8 Å². The van der Waals surface area contributed by atoms with Crippen molar-refractivity contribution in [3.63, 3.8) is 0 Å². The molecule has 0 spiro atoms. The minimum Gasteiger partial charge on any atom is -0.493 e. The average molecular weight is 263 g/mol. The van der Waals surface area contributed by atoms with E-state index in [-0.39, 0.29) is 5.41 Å². The van der Waals surface area contributed by atoms with E-state index in [0.717, 1.165) is 12.8 Å². The monoisotopic (exact) mass is 263 g/mol. The third-order valence-corrected chi connectivity index (χ3v) is 2.87. The molecule has 0 unspecified atom stereocenters. The molecular formula is C15H21NO3. The molecule has 0 bridgehead atoms. The van der Waals surface area contributed by atoms with Crippen molar-refractivity contribution in [2.24, 2.45) is 5.41 Å². The van der Waals surface area contributed by atoms with Crippen LogP contribution in [0.2, 0.25) is 0 Å². The molecule has 0 radical (unpaired) electrons. The van der Waals surface area contributed by atoms with E-state index in [9.17, 15) is 0 Å². The number of hydrogen-bond acceptors (Lipinski definition) is 4. The second kappa shape index (κ2) is 6.89. The topological polar surface area (TPSA) is 51.5 Å². The van der Waals surface area contributed by atoms with E-state index in [1.165, 1.54) is 0 Å². The van der Waals surface area contributed by atoms with E-state index in [0.29, 0.717) is 23.9 Å². The van der Waals surface area contributed by atoms with Crippen molar-refractivity contribution >= 4 is 0 Å². The molecule has 104 valence electrons. The van der Waals surface area contributed by atoms with Crippen LogP contribution in [0, 0.1) is 16.7 Å². The summed E-state index contributed by atoms with van der Waals surface area (Å²) in [7, 11) is 3.18. The summed E-state index contributed by atoms with van der Waals surface area (Å²) in [6, 6.07) is 7.81. The molecule has 0 saturated carbocycles. The van der Waals surface area contributed by atoms with Crippen LogP contribution in [0.15, 0.2) is 18.2 Å². The van der Waals surface area contributed by atoms with Gasteiger partial charge in [-0.2, -0.15) is 5.26 Å². The van der Waals surface area contributed by atoms with Crippen LogP contribution >= 0.6 is 0 Å². The predicted octanol–water partition coefficient (Wildman–Crippen LogP) is 3.41. The lowest BCUT2D eigenvalue weighted by atomic mass is 9.90. The van der Waals surface area contributed by atoms with Crippen LogP contribution in [0.5, 0.6) is 17.2 Å². The van der Waals surface area contributed by atoms with Gasteiger partial charge in [0.1, 0.15) is 0 Å². The van der Waals surface area contributed by atoms with Crippen molar-refractivity contribution in [3.8, 4) is 23.3 Å². The summed E-state index contributed by atoms with van der Waals surface area (Å²) in [5.74, 6) is 1.92. The summed E-state index contributed by atoms with van der Waals surface area (Å²) in [4.78, 5) is 0. The molecule has 1 aromatic carbocycles. The van der Waals surface area contributed by atoms with Crippen molar-refractivity contribution in [2.75, 3.05) is 20.8 Å². The number of ether oxygens (including phenoxy) is 3. The van der Waals surface area contributed by atoms with Gasteiger partial charge in [-0.25, -0.2) is 0 Å². The molecule has 0 fully saturated rings. The minimum atomic E-state index is -0.304. The largest absolute Gasteiger partial charge is 0.493 e. The van der Waals surface area contributed by atoms with Gasteiger partial charge in [0.25, 0.3) is 0 Å². The second-order valence-electron chi connectivity index (χ2n) is 4.94. The van der Waals surface area contributed by atoms with Gasteiger partial charge in [0.2, 0.25) is 5.75 Å². The van der Waals surface area contributed by atoms with Gasteiger partial charge < -0.3 is 14.2 Å². The highest BCUT2D eigenvalue weighted by molar-refractivity contribution is 5.50. The Morgan fingerprint density at radius 3 is 2.42 bits per heavy atom. The molecule has 0 aliphatic rings. The zero-order valence-electron chi connectivity index (χ0n) is 12.0. The van der Waals surface area contributed by atoms with Gasteiger partial charge in [-0.15, -0.1) is 0 Å². The lowest BCUT2D eigenvalue weighted by Crippen LogP contribution is -2.10. The highest BCUT2D eigenvalue weighted by Gasteiger charge is 2.16. The summed E-state index contributed by atoms with van der Waals surface area (Å²) >= 11 is 0. The van der Waals surface area contributed by atoms with E-state index in [1.807, 2.05) is 32.0 Å². The first kappa shape index (κ1) is 15.2. The zero-order valence-corrected chi connectivity index (χ0v) is 12.0. The molecule has 0 amide bonds. The average Bonchev–Trinajstić information content (AvgIpc) is 2.43. The number of hydrogen-bond donors (Lipinski definition) is 0. The summed E-state index contributed by atoms with van der Waals surface area (Å²) in [5.41, 5.74) is -0.304. The highest BCUT2D eigenvalue weighted by atomic mass is 16.5. The lowest BCUT2D eigenvalue weighted by Gasteiger charge is -2.16. The quantitative estimate of drug-likeness (QED) is 0.707. The van der Waals surface area contributed by atoms with Gasteiger partial charge in [0.15, 0.2) is 11.5 Å². The Morgan fingerprint density at radius 1 is 1.16 bits per heavy atom. The Labute approximate surface area is 114 Å². The van der Waals surface area contributed by atoms with Crippen molar-refractivity contribution in [2.45, 2.75) is 26.7 Å². The zero-order chi connectivity index (χ0) is 14.3. The van der Waals surface area contributed by atoms with Crippen molar-refractivity contribution < 1.29 is 14.2 Å². The van der Waals surface area contributed by atoms with Gasteiger partial charge in [0, 0.05) is 0 Å². The van der Waals surface area contributed by atoms with Crippen LogP contribution in [-0.2, 0) is 0 Å². The van der Waals surface area contributed by atoms with Gasteiger partial charge >= 0.3 is 0 Å². The summed E-state index contributed by atoms with van der Waals surface area (Å²) in [6.07, 6.45) is 1.62. The number of nitrogens with zero attached hydrogens (tertiary/aromatic N) is 1. The summed E-state index contributed by atoms with van der Waals surface area (Å²) < 4.78 is 16.2. The van der Waals surface area contributed by atoms with Gasteiger partial charge in [-0.05, 0) is 38.8 Å². The number of nitriles is 1. The van der Waals surface area contributed by atoms with E-state index in [1.54, 1.807) is 14.2 Å². The SMILES string of the molecule is COc1cccc(OCCCC(C)(C)C#N)c1OC. The summed E-state index contributed by atoms with van der Waals surface area (Å²) in [5, 5.41) is 8.93. The van der Waals surface area contributed by atoms with Crippen molar-refractivity contribution in [3.05, 3.63) is 18.2 Å². The Morgan fingerprint density at radius 2 is 1.84 bits per heavy atom. The molecule has 0 atom stereocenters. The smallest absolute Gasteiger partial charge is 0.203 e. The van der Waals surface area contributed by atoms with Crippen molar-refractivity contribution in [1.82, 2.24) is 0 Å². The molecule has 19 heavy (non-hydrogen) atoms. The Hall–Kier alpha value is -1.89. The first-order valence-electron chi connectivity index (χ1n) is 6.29. The Kier molecular flexibility index (Phi) is 5.50. The fourth-order valence-electron chi connectivity index (χ4n) is 1.72. The normalized spacial score (nSPS) is 10.7. The van der Waals surface area contributed by atoms with Gasteiger partial charge in [-0.1, -0.05) is 6.07 Å². The molecule has 1 aromatic rings. The van der Waals surface area contributed by atoms with E-state index in [2.05, 4.69) is 6.07 Å². The standard InChI is InChI=1S/C15H21NO3/c1-15(2,11-16)9-6-10-19-13-8-5-7-12(17-3)14(13)18-4/h5,7-8H,6,9-10H2,1-4H3. The Bertz CT molecular complexity index is 449. The van der Waals surface area contributed by atoms with Crippen LogP contribution in [0.1, 0.15) is 26.7 Å². The van der Waals surface area contributed by atoms with E-state index < -0.39 is 0 Å². The fourth-order valence-corrected chi connectivity index (χ4v) is 1.72. The maximum atomic E-state index is 8.93. The number of rotatable bonds is 7. The molecule has 0 aliphatic heterocycles. The first-order valence-corrected chi connectivity index (χ1v) is 6.29. The molecule has 0 heterocycles.